The molecular weight excluding hydrogens is 408 g/mol. The number of nitrogens with zero attached hydrogens (tertiary/aromatic N) is 2. The van der Waals surface area contributed by atoms with Crippen LogP contribution in [0.5, 0.6) is 0 Å². The maximum Gasteiger partial charge on any atom is 0.239 e. The van der Waals surface area contributed by atoms with Crippen LogP contribution in [0.1, 0.15) is 56.2 Å². The van der Waals surface area contributed by atoms with Crippen LogP contribution in [0.4, 0.5) is 0 Å². The van der Waals surface area contributed by atoms with Gasteiger partial charge in [-0.3, -0.25) is 4.79 Å². The number of aromatic nitrogens is 1. The quantitative estimate of drug-likeness (QED) is 0.800. The summed E-state index contributed by atoms with van der Waals surface area (Å²) in [7, 11) is -3.65. The van der Waals surface area contributed by atoms with Crippen molar-refractivity contribution in [3.8, 4) is 0 Å². The third kappa shape index (κ3) is 2.58. The van der Waals surface area contributed by atoms with Crippen LogP contribution >= 0.6 is 11.3 Å². The molecule has 2 aromatic rings. The molecule has 3 aliphatic rings. The van der Waals surface area contributed by atoms with Crippen molar-refractivity contribution in [2.24, 2.45) is 16.7 Å². The van der Waals surface area contributed by atoms with Gasteiger partial charge in [0.25, 0.3) is 0 Å². The highest BCUT2D eigenvalue weighted by Crippen LogP contribution is 2.70. The van der Waals surface area contributed by atoms with E-state index in [-0.39, 0.29) is 29.0 Å². The van der Waals surface area contributed by atoms with Gasteiger partial charge in [-0.1, -0.05) is 19.9 Å². The summed E-state index contributed by atoms with van der Waals surface area (Å²) in [6.45, 7) is 6.25. The van der Waals surface area contributed by atoms with Crippen LogP contribution in [0.2, 0.25) is 0 Å². The lowest BCUT2D eigenvalue weighted by atomic mass is 9.69. The van der Waals surface area contributed by atoms with E-state index in [0.29, 0.717) is 11.5 Å². The average Bonchev–Trinajstić information content (AvgIpc) is 3.25. The Bertz CT molecular complexity index is 1120. The minimum absolute atomic E-state index is 0.0576. The number of benzene rings is 1. The first-order valence-corrected chi connectivity index (χ1v) is 12.6. The molecule has 6 nitrogen and oxygen atoms in total. The second-order valence-corrected chi connectivity index (χ2v) is 12.6. The van der Waals surface area contributed by atoms with E-state index in [1.54, 1.807) is 6.07 Å². The van der Waals surface area contributed by atoms with E-state index in [1.165, 1.54) is 11.3 Å². The lowest BCUT2D eigenvalue weighted by molar-refractivity contribution is -0.131. The Morgan fingerprint density at radius 2 is 2.17 bits per heavy atom. The van der Waals surface area contributed by atoms with Crippen LogP contribution in [0.3, 0.4) is 0 Å². The van der Waals surface area contributed by atoms with Crippen molar-refractivity contribution < 1.29 is 18.3 Å². The number of hydrogen-bond donors (Lipinski definition) is 1. The SMILES string of the molecule is Cc1nc2ccc(C(O)CC(=O)N3[C@@H]4CC5CC[C@]4(CS3(=O)=O)C5(C)C)cc2s1. The number of rotatable bonds is 3. The van der Waals surface area contributed by atoms with Crippen molar-refractivity contribution in [3.63, 3.8) is 0 Å². The van der Waals surface area contributed by atoms with Gasteiger partial charge in [0.2, 0.25) is 15.9 Å². The lowest BCUT2D eigenvalue weighted by Crippen LogP contribution is -2.44. The van der Waals surface area contributed by atoms with Crippen LogP contribution < -0.4 is 0 Å². The summed E-state index contributed by atoms with van der Waals surface area (Å²) in [5.41, 5.74) is 1.07. The molecule has 1 amide bonds. The summed E-state index contributed by atoms with van der Waals surface area (Å²) >= 11 is 1.53. The number of thiazole rings is 1. The maximum absolute atomic E-state index is 13.1. The molecule has 0 radical (unpaired) electrons. The maximum atomic E-state index is 13.1. The molecule has 4 atom stereocenters. The van der Waals surface area contributed by atoms with E-state index >= 15 is 0 Å². The van der Waals surface area contributed by atoms with E-state index in [1.807, 2.05) is 19.1 Å². The monoisotopic (exact) mass is 434 g/mol. The number of amides is 1. The van der Waals surface area contributed by atoms with E-state index < -0.39 is 22.0 Å². The van der Waals surface area contributed by atoms with Crippen LogP contribution in [-0.2, 0) is 14.8 Å². The Labute approximate surface area is 175 Å². The molecule has 156 valence electrons. The Morgan fingerprint density at radius 3 is 2.90 bits per heavy atom. The smallest absolute Gasteiger partial charge is 0.239 e. The largest absolute Gasteiger partial charge is 0.388 e. The second-order valence-electron chi connectivity index (χ2n) is 9.49. The van der Waals surface area contributed by atoms with E-state index in [2.05, 4.69) is 18.8 Å². The fourth-order valence-corrected chi connectivity index (χ4v) is 9.69. The highest BCUT2D eigenvalue weighted by atomic mass is 32.2. The van der Waals surface area contributed by atoms with E-state index in [0.717, 1.165) is 38.8 Å². The summed E-state index contributed by atoms with van der Waals surface area (Å²) in [4.78, 5) is 17.5. The Morgan fingerprint density at radius 1 is 1.41 bits per heavy atom. The van der Waals surface area contributed by atoms with Gasteiger partial charge < -0.3 is 5.11 Å². The van der Waals surface area contributed by atoms with Crippen molar-refractivity contribution in [3.05, 3.63) is 28.8 Å². The fraction of sp³-hybridized carbons (Fsp3) is 0.619. The minimum atomic E-state index is -3.65. The van der Waals surface area contributed by atoms with Crippen LogP contribution in [-0.4, -0.2) is 40.5 Å². The highest BCUT2D eigenvalue weighted by molar-refractivity contribution is 7.90. The van der Waals surface area contributed by atoms with E-state index in [9.17, 15) is 18.3 Å². The lowest BCUT2D eigenvalue weighted by Gasteiger charge is -2.37. The first kappa shape index (κ1) is 19.5. The highest BCUT2D eigenvalue weighted by Gasteiger charge is 2.72. The van der Waals surface area contributed by atoms with Crippen molar-refractivity contribution in [1.29, 1.82) is 0 Å². The molecule has 3 fully saturated rings. The summed E-state index contributed by atoms with van der Waals surface area (Å²) in [6.07, 6.45) is 1.40. The number of aliphatic hydroxyl groups is 1. The van der Waals surface area contributed by atoms with Gasteiger partial charge in [-0.05, 0) is 55.2 Å². The average molecular weight is 435 g/mol. The number of carbonyl (C=O) groups is 1. The number of fused-ring (bicyclic) bond motifs is 2. The molecule has 8 heteroatoms. The van der Waals surface area contributed by atoms with Crippen LogP contribution in [0, 0.1) is 23.7 Å². The predicted octanol–water partition coefficient (Wildman–Crippen LogP) is 3.40. The third-order valence-corrected chi connectivity index (χ3v) is 10.8. The number of aryl methyl sites for hydroxylation is 1. The van der Waals surface area contributed by atoms with Gasteiger partial charge in [-0.2, -0.15) is 0 Å². The van der Waals surface area contributed by atoms with Gasteiger partial charge in [0.1, 0.15) is 0 Å². The zero-order chi connectivity index (χ0) is 20.8. The van der Waals surface area contributed by atoms with Gasteiger partial charge in [0.15, 0.2) is 0 Å². The van der Waals surface area contributed by atoms with Gasteiger partial charge in [-0.25, -0.2) is 17.7 Å². The predicted molar refractivity (Wildman–Crippen MR) is 112 cm³/mol. The first-order valence-electron chi connectivity index (χ1n) is 10.2. The van der Waals surface area contributed by atoms with Crippen molar-refractivity contribution in [2.75, 3.05) is 5.75 Å². The third-order valence-electron chi connectivity index (χ3n) is 7.93. The minimum Gasteiger partial charge on any atom is -0.388 e. The molecule has 2 saturated carbocycles. The molecule has 1 N–H and O–H groups in total. The van der Waals surface area contributed by atoms with E-state index in [4.69, 9.17) is 0 Å². The van der Waals surface area contributed by atoms with Gasteiger partial charge in [0.05, 0.1) is 39.5 Å². The number of carbonyl (C=O) groups excluding carboxylic acids is 1. The van der Waals surface area contributed by atoms with Gasteiger partial charge in [0, 0.05) is 5.41 Å². The molecule has 1 saturated heterocycles. The number of aliphatic hydroxyl groups excluding tert-OH is 1. The molecule has 29 heavy (non-hydrogen) atoms. The first-order chi connectivity index (χ1) is 13.5. The van der Waals surface area contributed by atoms with Gasteiger partial charge >= 0.3 is 0 Å². The molecule has 1 aliphatic heterocycles. The molecule has 1 aromatic heterocycles. The molecule has 1 spiro atoms. The standard InChI is InChI=1S/C21H26N2O4S2/c1-12-22-15-5-4-13(8-17(15)28-12)16(24)10-19(25)23-18-9-14-6-7-21(18,20(14,2)3)11-29(23,26)27/h4-5,8,14,16,18,24H,6-7,9-11H2,1-3H3/t14?,16?,18-,21-/m1/s1. The molecular formula is C21H26N2O4S2. The topological polar surface area (TPSA) is 87.6 Å². The summed E-state index contributed by atoms with van der Waals surface area (Å²) in [5.74, 6) is 0.0331. The molecule has 2 bridgehead atoms. The zero-order valence-electron chi connectivity index (χ0n) is 16.9. The molecule has 2 heterocycles. The molecule has 2 aliphatic carbocycles. The summed E-state index contributed by atoms with van der Waals surface area (Å²) < 4.78 is 28.1. The van der Waals surface area contributed by atoms with Crippen molar-refractivity contribution in [1.82, 2.24) is 9.29 Å². The van der Waals surface area contributed by atoms with Crippen LogP contribution in [0.15, 0.2) is 18.2 Å². The Kier molecular flexibility index (Phi) is 4.04. The number of hydrogen-bond acceptors (Lipinski definition) is 6. The Hall–Kier alpha value is -1.51. The Balaban J connectivity index is 1.41. The normalized spacial score (nSPS) is 32.6. The van der Waals surface area contributed by atoms with Crippen LogP contribution in [0.25, 0.3) is 10.2 Å². The summed E-state index contributed by atoms with van der Waals surface area (Å²) in [5, 5.41) is 11.6. The molecule has 1 aromatic carbocycles. The van der Waals surface area contributed by atoms with Crippen molar-refractivity contribution in [2.45, 2.75) is 58.6 Å². The van der Waals surface area contributed by atoms with Gasteiger partial charge in [-0.15, -0.1) is 11.3 Å². The molecule has 5 rings (SSSR count). The number of sulfonamides is 1. The molecule has 2 unspecified atom stereocenters. The second kappa shape index (κ2) is 6.02. The zero-order valence-corrected chi connectivity index (χ0v) is 18.5. The summed E-state index contributed by atoms with van der Waals surface area (Å²) in [6, 6.07) is 5.19. The van der Waals surface area contributed by atoms with Crippen molar-refractivity contribution >= 4 is 37.5 Å². The fourth-order valence-electron chi connectivity index (χ4n) is 6.25.